The first-order chi connectivity index (χ1) is 6.83. The summed E-state index contributed by atoms with van der Waals surface area (Å²) in [5, 5.41) is 15.1. The molecule has 0 aromatic heterocycles. The van der Waals surface area contributed by atoms with E-state index in [1.54, 1.807) is 6.34 Å². The predicted molar refractivity (Wildman–Crippen MR) is 56.5 cm³/mol. The maximum Gasteiger partial charge on any atom is 0.207 e. The van der Waals surface area contributed by atoms with Gasteiger partial charge in [-0.2, -0.15) is 10.4 Å². The lowest BCUT2D eigenvalue weighted by Crippen LogP contribution is -2.39. The first kappa shape index (κ1) is 10.8. The summed E-state index contributed by atoms with van der Waals surface area (Å²) in [5.74, 6) is 0. The molecule has 0 aromatic carbocycles. The summed E-state index contributed by atoms with van der Waals surface area (Å²) < 4.78 is 0. The molecule has 1 rings (SSSR count). The Labute approximate surface area is 85.8 Å². The van der Waals surface area contributed by atoms with Crippen LogP contribution in [0.3, 0.4) is 0 Å². The standard InChI is InChI=1S/C10H18N4/c1-3-5-7-14-10(8-11)13(6-4-2)9-12-14/h9-10H,3-7H2,1-2H3. The zero-order valence-corrected chi connectivity index (χ0v) is 8.98. The second-order valence-electron chi connectivity index (χ2n) is 3.49. The van der Waals surface area contributed by atoms with E-state index in [0.717, 1.165) is 32.4 Å². The van der Waals surface area contributed by atoms with E-state index in [4.69, 9.17) is 5.26 Å². The van der Waals surface area contributed by atoms with Gasteiger partial charge in [0.25, 0.3) is 0 Å². The van der Waals surface area contributed by atoms with Crippen LogP contribution in [0.2, 0.25) is 0 Å². The van der Waals surface area contributed by atoms with Gasteiger partial charge in [0.05, 0.1) is 0 Å². The minimum absolute atomic E-state index is 0.179. The average Bonchev–Trinajstić information content (AvgIpc) is 2.58. The molecule has 0 fully saturated rings. The summed E-state index contributed by atoms with van der Waals surface area (Å²) >= 11 is 0. The van der Waals surface area contributed by atoms with Crippen molar-refractivity contribution in [2.24, 2.45) is 5.10 Å². The molecule has 0 spiro atoms. The molecule has 1 unspecified atom stereocenters. The summed E-state index contributed by atoms with van der Waals surface area (Å²) in [6.07, 6.45) is 4.88. The van der Waals surface area contributed by atoms with E-state index in [1.165, 1.54) is 0 Å². The molecule has 0 radical (unpaired) electrons. The van der Waals surface area contributed by atoms with Crippen molar-refractivity contribution in [3.05, 3.63) is 0 Å². The molecule has 0 aliphatic carbocycles. The van der Waals surface area contributed by atoms with Crippen LogP contribution in [0.4, 0.5) is 0 Å². The molecule has 0 saturated heterocycles. The van der Waals surface area contributed by atoms with Crippen molar-refractivity contribution in [1.82, 2.24) is 9.91 Å². The van der Waals surface area contributed by atoms with Crippen LogP contribution in [-0.2, 0) is 0 Å². The van der Waals surface area contributed by atoms with E-state index in [2.05, 4.69) is 25.0 Å². The van der Waals surface area contributed by atoms with Crippen LogP contribution in [0.5, 0.6) is 0 Å². The van der Waals surface area contributed by atoms with Crippen LogP contribution >= 0.6 is 0 Å². The molecule has 78 valence electrons. The van der Waals surface area contributed by atoms with E-state index >= 15 is 0 Å². The molecule has 1 atom stereocenters. The Morgan fingerprint density at radius 3 is 2.71 bits per heavy atom. The van der Waals surface area contributed by atoms with Gasteiger partial charge < -0.3 is 4.90 Å². The number of nitrogens with zero attached hydrogens (tertiary/aromatic N) is 4. The Balaban J connectivity index is 2.47. The number of hydrogen-bond acceptors (Lipinski definition) is 4. The number of hydrazone groups is 1. The third-order valence-electron chi connectivity index (χ3n) is 2.28. The lowest BCUT2D eigenvalue weighted by molar-refractivity contribution is 0.175. The lowest BCUT2D eigenvalue weighted by Gasteiger charge is -2.24. The molecule has 0 aromatic rings. The van der Waals surface area contributed by atoms with E-state index in [-0.39, 0.29) is 6.17 Å². The van der Waals surface area contributed by atoms with Crippen molar-refractivity contribution in [3.8, 4) is 6.07 Å². The van der Waals surface area contributed by atoms with Gasteiger partial charge in [-0.05, 0) is 12.8 Å². The van der Waals surface area contributed by atoms with Gasteiger partial charge in [-0.25, -0.2) is 0 Å². The Morgan fingerprint density at radius 2 is 2.14 bits per heavy atom. The number of rotatable bonds is 5. The van der Waals surface area contributed by atoms with Crippen LogP contribution in [0.25, 0.3) is 0 Å². The molecular formula is C10H18N4. The van der Waals surface area contributed by atoms with Crippen molar-refractivity contribution >= 4 is 6.34 Å². The van der Waals surface area contributed by atoms with Gasteiger partial charge in [0.2, 0.25) is 6.17 Å². The minimum atomic E-state index is -0.179. The average molecular weight is 194 g/mol. The van der Waals surface area contributed by atoms with Crippen LogP contribution in [-0.4, -0.2) is 35.5 Å². The molecule has 1 aliphatic rings. The second-order valence-corrected chi connectivity index (χ2v) is 3.49. The van der Waals surface area contributed by atoms with Crippen molar-refractivity contribution in [3.63, 3.8) is 0 Å². The molecule has 4 heteroatoms. The highest BCUT2D eigenvalue weighted by atomic mass is 15.6. The van der Waals surface area contributed by atoms with Crippen molar-refractivity contribution in [2.75, 3.05) is 13.1 Å². The Bertz CT molecular complexity index is 231. The highest BCUT2D eigenvalue weighted by molar-refractivity contribution is 5.57. The van der Waals surface area contributed by atoms with E-state index in [9.17, 15) is 0 Å². The Kier molecular flexibility index (Phi) is 4.24. The highest BCUT2D eigenvalue weighted by Gasteiger charge is 2.25. The zero-order valence-electron chi connectivity index (χ0n) is 8.98. The molecular weight excluding hydrogens is 176 g/mol. The van der Waals surface area contributed by atoms with Crippen LogP contribution in [0.15, 0.2) is 5.10 Å². The number of unbranched alkanes of at least 4 members (excludes halogenated alkanes) is 1. The van der Waals surface area contributed by atoms with Crippen molar-refractivity contribution in [2.45, 2.75) is 39.3 Å². The van der Waals surface area contributed by atoms with Crippen LogP contribution in [0.1, 0.15) is 33.1 Å². The number of hydrogen-bond donors (Lipinski definition) is 0. The summed E-state index contributed by atoms with van der Waals surface area (Å²) in [6.45, 7) is 6.04. The SMILES string of the molecule is CCCCN1N=CN(CCC)C1C#N. The fourth-order valence-electron chi connectivity index (χ4n) is 1.51. The highest BCUT2D eigenvalue weighted by Crippen LogP contribution is 2.12. The maximum atomic E-state index is 9.02. The quantitative estimate of drug-likeness (QED) is 0.667. The first-order valence-corrected chi connectivity index (χ1v) is 5.29. The fraction of sp³-hybridized carbons (Fsp3) is 0.800. The summed E-state index contributed by atoms with van der Waals surface area (Å²) in [5.41, 5.74) is 0. The smallest absolute Gasteiger partial charge is 0.207 e. The van der Waals surface area contributed by atoms with Gasteiger partial charge >= 0.3 is 0 Å². The molecule has 1 heterocycles. The molecule has 1 aliphatic heterocycles. The van der Waals surface area contributed by atoms with E-state index in [0.29, 0.717) is 0 Å². The monoisotopic (exact) mass is 194 g/mol. The number of nitriles is 1. The predicted octanol–water partition coefficient (Wildman–Crippen LogP) is 1.61. The van der Waals surface area contributed by atoms with Crippen molar-refractivity contribution < 1.29 is 0 Å². The molecule has 0 amide bonds. The third kappa shape index (κ3) is 2.38. The van der Waals surface area contributed by atoms with Gasteiger partial charge in [-0.15, -0.1) is 0 Å². The van der Waals surface area contributed by atoms with Gasteiger partial charge in [-0.3, -0.25) is 5.01 Å². The second kappa shape index (κ2) is 5.48. The summed E-state index contributed by atoms with van der Waals surface area (Å²) in [4.78, 5) is 2.00. The largest absolute Gasteiger partial charge is 0.328 e. The van der Waals surface area contributed by atoms with Gasteiger partial charge in [-0.1, -0.05) is 20.3 Å². The zero-order chi connectivity index (χ0) is 10.4. The Morgan fingerprint density at radius 1 is 1.36 bits per heavy atom. The van der Waals surface area contributed by atoms with Gasteiger partial charge in [0.15, 0.2) is 0 Å². The normalized spacial score (nSPS) is 20.2. The molecule has 4 nitrogen and oxygen atoms in total. The van der Waals surface area contributed by atoms with Crippen LogP contribution < -0.4 is 0 Å². The van der Waals surface area contributed by atoms with E-state index < -0.39 is 0 Å². The van der Waals surface area contributed by atoms with E-state index in [1.807, 2.05) is 9.91 Å². The first-order valence-electron chi connectivity index (χ1n) is 5.29. The fourth-order valence-corrected chi connectivity index (χ4v) is 1.51. The Hall–Kier alpha value is -1.24. The summed E-state index contributed by atoms with van der Waals surface area (Å²) in [7, 11) is 0. The molecule has 0 bridgehead atoms. The summed E-state index contributed by atoms with van der Waals surface area (Å²) in [6, 6.07) is 2.28. The van der Waals surface area contributed by atoms with Crippen molar-refractivity contribution in [1.29, 1.82) is 5.26 Å². The molecule has 14 heavy (non-hydrogen) atoms. The van der Waals surface area contributed by atoms with Gasteiger partial charge in [0, 0.05) is 13.1 Å². The third-order valence-corrected chi connectivity index (χ3v) is 2.28. The molecule has 0 saturated carbocycles. The maximum absolute atomic E-state index is 9.02. The lowest BCUT2D eigenvalue weighted by atomic mass is 10.3. The van der Waals surface area contributed by atoms with Crippen LogP contribution in [0, 0.1) is 11.3 Å². The topological polar surface area (TPSA) is 42.6 Å². The van der Waals surface area contributed by atoms with Gasteiger partial charge in [0.1, 0.15) is 12.4 Å². The minimum Gasteiger partial charge on any atom is -0.328 e. The molecule has 0 N–H and O–H groups in total.